The number of anilines is 2. The summed E-state index contributed by atoms with van der Waals surface area (Å²) in [5, 5.41) is 5.95. The molecule has 8 aromatic rings. The zero-order chi connectivity index (χ0) is 55.2. The van der Waals surface area contributed by atoms with E-state index in [4.69, 9.17) is 11.5 Å². The van der Waals surface area contributed by atoms with Crippen molar-refractivity contribution >= 4 is 35.3 Å². The zero-order valence-electron chi connectivity index (χ0n) is 43.4. The van der Waals surface area contributed by atoms with Crippen LogP contribution in [0, 0.1) is 51.0 Å². The van der Waals surface area contributed by atoms with Gasteiger partial charge in [0.25, 0.3) is 11.8 Å². The maximum absolute atomic E-state index is 14.6. The molecule has 6 N–H and O–H groups in total. The Morgan fingerprint density at radius 1 is 0.462 bits per heavy atom. The number of nitrogens with two attached hydrogens (primary N) is 2. The van der Waals surface area contributed by atoms with Gasteiger partial charge in [-0.15, -0.1) is 0 Å². The van der Waals surface area contributed by atoms with Crippen molar-refractivity contribution in [3.8, 4) is 22.3 Å². The normalized spacial score (nSPS) is 16.7. The summed E-state index contributed by atoms with van der Waals surface area (Å²) in [5.41, 5.74) is 27.0. The average Bonchev–Trinajstić information content (AvgIpc) is 3.72. The number of nitrogen functional groups attached to an aromatic ring is 2. The molecule has 4 atom stereocenters. The molecular weight excluding hydrogens is 997 g/mol. The molecule has 12 rings (SSSR count). The number of benzene rings is 6. The highest BCUT2D eigenvalue weighted by Gasteiger charge is 2.51. The summed E-state index contributed by atoms with van der Waals surface area (Å²) in [5.74, 6) is -2.35. The standard InChI is InChI=1S/2C31H26F2N4O2/c1-15-10-28(34)36-16(2)26(15)14-35-31(39)19-5-8-23-25(12-19)30-22-7-4-18(21-9-6-20(32)13-27(21)33)11-24(22)29(23)37(30)17(3)38;1-15-10-28(34)36-16(2)26(15)14-35-31(39)19-5-8-23-25(12-19)30-24-11-18(21-9-6-20(32)13-27(21)33)4-7-22(24)29(23)37(30)17(3)38/h2*4-13,29-30H,14H2,1-3H3,(H2,34,36)(H,35,39). The van der Waals surface area contributed by atoms with Gasteiger partial charge in [0.1, 0.15) is 34.9 Å². The van der Waals surface area contributed by atoms with E-state index in [2.05, 4.69) is 20.6 Å². The first-order valence-corrected chi connectivity index (χ1v) is 25.3. The van der Waals surface area contributed by atoms with Gasteiger partial charge in [0.2, 0.25) is 11.8 Å². The van der Waals surface area contributed by atoms with Gasteiger partial charge in [-0.3, -0.25) is 19.2 Å². The number of fused-ring (bicyclic) bond motifs is 16. The first-order valence-electron chi connectivity index (χ1n) is 25.3. The van der Waals surface area contributed by atoms with Crippen LogP contribution >= 0.6 is 0 Å². The number of rotatable bonds is 8. The molecule has 6 heterocycles. The van der Waals surface area contributed by atoms with E-state index in [-0.39, 0.29) is 47.3 Å². The van der Waals surface area contributed by atoms with E-state index in [1.165, 1.54) is 38.1 Å². The first-order chi connectivity index (χ1) is 37.3. The van der Waals surface area contributed by atoms with Crippen LogP contribution in [0.2, 0.25) is 0 Å². The molecule has 78 heavy (non-hydrogen) atoms. The molecule has 16 heteroatoms. The van der Waals surface area contributed by atoms with Crippen molar-refractivity contribution in [2.45, 2.75) is 78.8 Å². The maximum Gasteiger partial charge on any atom is 0.251 e. The third-order valence-electron chi connectivity index (χ3n) is 15.6. The highest BCUT2D eigenvalue weighted by molar-refractivity contribution is 5.96. The number of halogens is 4. The Bertz CT molecular complexity index is 3840. The lowest BCUT2D eigenvalue weighted by molar-refractivity contribution is -0.131. The SMILES string of the molecule is CC(=O)N1C2c3ccc(-c4ccc(F)cc4F)cc3C1c1ccc(C(=O)NCc3c(C)cc(N)nc3C)cc12.CC(=O)N1C2c3ccc(C(=O)NCc4c(C)cc(N)nc4C)cc3C1c1cc(-c3ccc(F)cc3F)ccc12. The molecule has 2 aromatic heterocycles. The van der Waals surface area contributed by atoms with Gasteiger partial charge >= 0.3 is 0 Å². The van der Waals surface area contributed by atoms with Crippen molar-refractivity contribution < 1.29 is 36.7 Å². The molecule has 6 aromatic carbocycles. The van der Waals surface area contributed by atoms with Crippen LogP contribution in [0.5, 0.6) is 0 Å². The number of hydrogen-bond acceptors (Lipinski definition) is 8. The number of carbonyl (C=O) groups excluding carboxylic acids is 4. The van der Waals surface area contributed by atoms with E-state index in [9.17, 15) is 36.7 Å². The summed E-state index contributed by atoms with van der Waals surface area (Å²) in [4.78, 5) is 64.1. The fourth-order valence-electron chi connectivity index (χ4n) is 12.1. The van der Waals surface area contributed by atoms with E-state index in [1.807, 2.05) is 76.2 Å². The van der Waals surface area contributed by atoms with Crippen LogP contribution in [-0.4, -0.2) is 43.4 Å². The number of nitrogens with zero attached hydrogens (tertiary/aromatic N) is 4. The van der Waals surface area contributed by atoms with E-state index in [1.54, 1.807) is 46.2 Å². The monoisotopic (exact) mass is 1050 g/mol. The Hall–Kier alpha value is -9.18. The van der Waals surface area contributed by atoms with Crippen LogP contribution in [0.3, 0.4) is 0 Å². The zero-order valence-corrected chi connectivity index (χ0v) is 43.4. The molecule has 4 bridgehead atoms. The molecule has 12 nitrogen and oxygen atoms in total. The van der Waals surface area contributed by atoms with Crippen molar-refractivity contribution in [3.63, 3.8) is 0 Å². The van der Waals surface area contributed by atoms with Crippen LogP contribution in [0.1, 0.15) is 137 Å². The van der Waals surface area contributed by atoms with Crippen LogP contribution in [0.25, 0.3) is 22.3 Å². The number of hydrogen-bond donors (Lipinski definition) is 4. The number of carbonyl (C=O) groups is 4. The average molecular weight is 1050 g/mol. The predicted octanol–water partition coefficient (Wildman–Crippen LogP) is 11.0. The summed E-state index contributed by atoms with van der Waals surface area (Å²) in [7, 11) is 0. The van der Waals surface area contributed by atoms with Gasteiger partial charge in [-0.25, -0.2) is 27.5 Å². The Labute approximate surface area is 447 Å². The molecule has 4 amide bonds. The van der Waals surface area contributed by atoms with E-state index >= 15 is 0 Å². The molecule has 4 aliphatic heterocycles. The highest BCUT2D eigenvalue weighted by atomic mass is 19.1. The van der Waals surface area contributed by atoms with Crippen molar-refractivity contribution in [3.05, 3.63) is 234 Å². The third kappa shape index (κ3) is 8.66. The molecule has 0 saturated heterocycles. The summed E-state index contributed by atoms with van der Waals surface area (Å²) in [6, 6.07) is 31.3. The minimum atomic E-state index is -0.650. The molecule has 0 fully saturated rings. The fourth-order valence-corrected chi connectivity index (χ4v) is 12.1. The Morgan fingerprint density at radius 3 is 1.17 bits per heavy atom. The molecule has 0 aliphatic carbocycles. The molecule has 4 unspecified atom stereocenters. The van der Waals surface area contributed by atoms with E-state index in [0.717, 1.165) is 90.3 Å². The number of nitrogens with one attached hydrogen (secondary N) is 2. The van der Waals surface area contributed by atoms with Crippen LogP contribution in [0.15, 0.2) is 121 Å². The van der Waals surface area contributed by atoms with E-state index < -0.39 is 29.3 Å². The van der Waals surface area contributed by atoms with Crippen LogP contribution < -0.4 is 22.1 Å². The van der Waals surface area contributed by atoms with Crippen molar-refractivity contribution in [2.75, 3.05) is 11.5 Å². The maximum atomic E-state index is 14.6. The molecular formula is C62H52F4N8O4. The van der Waals surface area contributed by atoms with E-state index in [0.29, 0.717) is 52.5 Å². The van der Waals surface area contributed by atoms with Crippen molar-refractivity contribution in [1.29, 1.82) is 0 Å². The third-order valence-corrected chi connectivity index (χ3v) is 15.6. The lowest BCUT2D eigenvalue weighted by Gasteiger charge is -2.21. The van der Waals surface area contributed by atoms with Gasteiger partial charge in [0.15, 0.2) is 0 Å². The summed E-state index contributed by atoms with van der Waals surface area (Å²) in [6.07, 6.45) is 0. The van der Waals surface area contributed by atoms with Gasteiger partial charge in [0.05, 0.1) is 24.2 Å². The van der Waals surface area contributed by atoms with Crippen molar-refractivity contribution in [1.82, 2.24) is 30.4 Å². The van der Waals surface area contributed by atoms with Gasteiger partial charge in [0, 0.05) is 72.7 Å². The van der Waals surface area contributed by atoms with Gasteiger partial charge < -0.3 is 31.9 Å². The molecule has 392 valence electrons. The summed E-state index contributed by atoms with van der Waals surface area (Å²) in [6.45, 7) is 11.3. The summed E-state index contributed by atoms with van der Waals surface area (Å²) >= 11 is 0. The smallest absolute Gasteiger partial charge is 0.251 e. The highest BCUT2D eigenvalue weighted by Crippen LogP contribution is 2.58. The Balaban J connectivity index is 0.000000165. The molecule has 0 radical (unpaired) electrons. The van der Waals surface area contributed by atoms with Gasteiger partial charge in [-0.1, -0.05) is 36.4 Å². The first kappa shape index (κ1) is 51.0. The second-order valence-corrected chi connectivity index (χ2v) is 20.3. The molecule has 0 saturated carbocycles. The minimum absolute atomic E-state index is 0.0975. The van der Waals surface area contributed by atoms with Gasteiger partial charge in [-0.05, 0) is 178 Å². The van der Waals surface area contributed by atoms with Crippen molar-refractivity contribution in [2.24, 2.45) is 0 Å². The number of amides is 4. The summed E-state index contributed by atoms with van der Waals surface area (Å²) < 4.78 is 56.0. The number of pyridine rings is 2. The lowest BCUT2D eigenvalue weighted by atomic mass is 9.83. The number of aromatic nitrogens is 2. The Kier molecular flexibility index (Phi) is 12.7. The van der Waals surface area contributed by atoms with Crippen LogP contribution in [0.4, 0.5) is 29.2 Å². The number of aryl methyl sites for hydroxylation is 4. The second kappa shape index (κ2) is 19.4. The fraction of sp³-hybridized carbons (Fsp3) is 0.194. The Morgan fingerprint density at radius 2 is 0.808 bits per heavy atom. The molecule has 0 spiro atoms. The van der Waals surface area contributed by atoms with Crippen LogP contribution in [-0.2, 0) is 22.7 Å². The lowest BCUT2D eigenvalue weighted by Crippen LogP contribution is -2.26. The minimum Gasteiger partial charge on any atom is -0.384 e. The quantitative estimate of drug-likeness (QED) is 0.109. The molecule has 4 aliphatic rings. The topological polar surface area (TPSA) is 177 Å². The van der Waals surface area contributed by atoms with Gasteiger partial charge in [-0.2, -0.15) is 0 Å². The predicted molar refractivity (Wildman–Crippen MR) is 287 cm³/mol. The second-order valence-electron chi connectivity index (χ2n) is 20.3. The largest absolute Gasteiger partial charge is 0.384 e.